The van der Waals surface area contributed by atoms with Crippen LogP contribution in [0, 0.1) is 29.0 Å². The van der Waals surface area contributed by atoms with Crippen molar-refractivity contribution in [1.82, 2.24) is 15.0 Å². The summed E-state index contributed by atoms with van der Waals surface area (Å²) < 4.78 is 18.7. The highest BCUT2D eigenvalue weighted by Gasteiger charge is 2.51. The Kier molecular flexibility index (Phi) is 4.65. The van der Waals surface area contributed by atoms with Crippen molar-refractivity contribution in [3.05, 3.63) is 36.0 Å². The summed E-state index contributed by atoms with van der Waals surface area (Å²) >= 11 is 0. The number of hydrogen-bond acceptors (Lipinski definition) is 4. The third-order valence-electron chi connectivity index (χ3n) is 8.43. The zero-order valence-corrected chi connectivity index (χ0v) is 17.9. The smallest absolute Gasteiger partial charge is 0.230 e. The number of likely N-dealkylation sites (tertiary alicyclic amines) is 1. The minimum atomic E-state index is -0.280. The highest BCUT2D eigenvalue weighted by molar-refractivity contribution is 5.77. The first-order valence-corrected chi connectivity index (χ1v) is 11.9. The molecule has 5 aliphatic rings. The SMILES string of the molecule is O=C(CC12CC3CC(CC(C3)C1)C2)N1CCC(c2nc(-c3ccc(F)cc3)no2)CC1. The van der Waals surface area contributed by atoms with E-state index in [9.17, 15) is 9.18 Å². The van der Waals surface area contributed by atoms with Gasteiger partial charge in [0.1, 0.15) is 5.82 Å². The standard InChI is InChI=1S/C25H30FN3O2/c26-21-3-1-19(2-4-21)23-27-24(31-28-23)20-5-7-29(8-6-20)22(30)15-25-12-16-9-17(13-25)11-18(10-16)14-25/h1-4,16-18,20H,5-15H2. The molecule has 0 radical (unpaired) electrons. The number of nitrogens with zero attached hydrogens (tertiary/aromatic N) is 3. The summed E-state index contributed by atoms with van der Waals surface area (Å²) in [6, 6.07) is 6.13. The molecule has 1 aliphatic heterocycles. The Balaban J connectivity index is 1.06. The van der Waals surface area contributed by atoms with E-state index in [1.165, 1.54) is 50.7 Å². The minimum absolute atomic E-state index is 0.185. The number of piperidine rings is 1. The maximum Gasteiger partial charge on any atom is 0.230 e. The summed E-state index contributed by atoms with van der Waals surface area (Å²) in [5.74, 6) is 4.05. The highest BCUT2D eigenvalue weighted by Crippen LogP contribution is 2.61. The molecule has 4 bridgehead atoms. The van der Waals surface area contributed by atoms with E-state index in [1.54, 1.807) is 12.1 Å². The quantitative estimate of drug-likeness (QED) is 0.679. The normalized spacial score (nSPS) is 32.5. The van der Waals surface area contributed by atoms with Crippen LogP contribution in [0.4, 0.5) is 4.39 Å². The minimum Gasteiger partial charge on any atom is -0.343 e. The lowest BCUT2D eigenvalue weighted by Crippen LogP contribution is -2.49. The van der Waals surface area contributed by atoms with Gasteiger partial charge in [0.2, 0.25) is 17.6 Å². The molecule has 0 unspecified atom stereocenters. The van der Waals surface area contributed by atoms with E-state index in [4.69, 9.17) is 4.52 Å². The summed E-state index contributed by atoms with van der Waals surface area (Å²) in [6.07, 6.45) is 10.6. The number of rotatable bonds is 4. The van der Waals surface area contributed by atoms with Gasteiger partial charge in [-0.2, -0.15) is 4.98 Å². The summed E-state index contributed by atoms with van der Waals surface area (Å²) in [7, 11) is 0. The fraction of sp³-hybridized carbons (Fsp3) is 0.640. The molecule has 5 nitrogen and oxygen atoms in total. The number of carbonyl (C=O) groups excluding carboxylic acids is 1. The van der Waals surface area contributed by atoms with Crippen molar-refractivity contribution in [3.8, 4) is 11.4 Å². The third kappa shape index (κ3) is 3.68. The second-order valence-corrected chi connectivity index (χ2v) is 10.7. The summed E-state index contributed by atoms with van der Waals surface area (Å²) in [5.41, 5.74) is 1.05. The molecule has 2 aromatic rings. The molecule has 0 N–H and O–H groups in total. The van der Waals surface area contributed by atoms with Gasteiger partial charge in [-0.05, 0) is 98.8 Å². The maximum absolute atomic E-state index is 13.2. The molecule has 4 aliphatic carbocycles. The number of aromatic nitrogens is 2. The van der Waals surface area contributed by atoms with Crippen LogP contribution in [-0.2, 0) is 4.79 Å². The van der Waals surface area contributed by atoms with Crippen molar-refractivity contribution in [2.75, 3.05) is 13.1 Å². The summed E-state index contributed by atoms with van der Waals surface area (Å²) in [4.78, 5) is 19.8. The van der Waals surface area contributed by atoms with Crippen molar-refractivity contribution >= 4 is 5.91 Å². The van der Waals surface area contributed by atoms with E-state index in [2.05, 4.69) is 15.0 Å². The molecule has 0 atom stereocenters. The zero-order chi connectivity index (χ0) is 21.0. The van der Waals surface area contributed by atoms with Gasteiger partial charge in [0.05, 0.1) is 0 Å². The van der Waals surface area contributed by atoms with Crippen LogP contribution in [0.3, 0.4) is 0 Å². The molecule has 5 fully saturated rings. The Morgan fingerprint density at radius 3 is 2.26 bits per heavy atom. The largest absolute Gasteiger partial charge is 0.343 e. The van der Waals surface area contributed by atoms with Gasteiger partial charge in [0, 0.05) is 31.0 Å². The molecular weight excluding hydrogens is 393 g/mol. The molecule has 1 saturated heterocycles. The molecule has 31 heavy (non-hydrogen) atoms. The van der Waals surface area contributed by atoms with Gasteiger partial charge in [-0.3, -0.25) is 4.79 Å². The van der Waals surface area contributed by atoms with Gasteiger partial charge >= 0.3 is 0 Å². The Hall–Kier alpha value is -2.24. The monoisotopic (exact) mass is 423 g/mol. The van der Waals surface area contributed by atoms with Crippen LogP contribution in [0.2, 0.25) is 0 Å². The number of halogens is 1. The lowest BCUT2D eigenvalue weighted by Gasteiger charge is -2.57. The molecule has 164 valence electrons. The number of carbonyl (C=O) groups is 1. The molecular formula is C25H30FN3O2. The number of hydrogen-bond donors (Lipinski definition) is 0. The lowest BCUT2D eigenvalue weighted by atomic mass is 9.49. The maximum atomic E-state index is 13.2. The van der Waals surface area contributed by atoms with Crippen molar-refractivity contribution in [2.45, 2.75) is 63.7 Å². The van der Waals surface area contributed by atoms with E-state index in [0.717, 1.165) is 55.7 Å². The van der Waals surface area contributed by atoms with Gasteiger partial charge < -0.3 is 9.42 Å². The van der Waals surface area contributed by atoms with Gasteiger partial charge in [0.25, 0.3) is 0 Å². The van der Waals surface area contributed by atoms with Crippen molar-refractivity contribution < 1.29 is 13.7 Å². The van der Waals surface area contributed by atoms with Crippen LogP contribution in [0.5, 0.6) is 0 Å². The van der Waals surface area contributed by atoms with Crippen molar-refractivity contribution in [2.24, 2.45) is 23.2 Å². The third-order valence-corrected chi connectivity index (χ3v) is 8.43. The van der Waals surface area contributed by atoms with Crippen molar-refractivity contribution in [3.63, 3.8) is 0 Å². The predicted molar refractivity (Wildman–Crippen MR) is 113 cm³/mol. The second kappa shape index (κ2) is 7.42. The van der Waals surface area contributed by atoms with Crippen molar-refractivity contribution in [1.29, 1.82) is 0 Å². The van der Waals surface area contributed by atoms with E-state index in [-0.39, 0.29) is 11.7 Å². The number of benzene rings is 1. The van der Waals surface area contributed by atoms with Crippen LogP contribution in [0.1, 0.15) is 69.6 Å². The number of amides is 1. The van der Waals surface area contributed by atoms with Gasteiger partial charge in [-0.15, -0.1) is 0 Å². The Bertz CT molecular complexity index is 926. The molecule has 4 saturated carbocycles. The molecule has 1 aromatic heterocycles. The van der Waals surface area contributed by atoms with E-state index in [0.29, 0.717) is 23.0 Å². The Morgan fingerprint density at radius 2 is 1.65 bits per heavy atom. The Morgan fingerprint density at radius 1 is 1.03 bits per heavy atom. The second-order valence-electron chi connectivity index (χ2n) is 10.7. The van der Waals surface area contributed by atoms with Crippen LogP contribution < -0.4 is 0 Å². The first-order valence-electron chi connectivity index (χ1n) is 11.9. The molecule has 1 amide bonds. The van der Waals surface area contributed by atoms with E-state index >= 15 is 0 Å². The average molecular weight is 424 g/mol. The molecule has 1 aromatic carbocycles. The average Bonchev–Trinajstić information content (AvgIpc) is 3.23. The molecule has 2 heterocycles. The fourth-order valence-corrected chi connectivity index (χ4v) is 7.43. The first kappa shape index (κ1) is 19.4. The van der Waals surface area contributed by atoms with Gasteiger partial charge in [0.15, 0.2) is 0 Å². The summed E-state index contributed by atoms with van der Waals surface area (Å²) in [5, 5.41) is 4.08. The van der Waals surface area contributed by atoms with Crippen LogP contribution >= 0.6 is 0 Å². The lowest BCUT2D eigenvalue weighted by molar-refractivity contribution is -0.140. The topological polar surface area (TPSA) is 59.2 Å². The molecule has 7 rings (SSSR count). The summed E-state index contributed by atoms with van der Waals surface area (Å²) in [6.45, 7) is 1.54. The van der Waals surface area contributed by atoms with E-state index < -0.39 is 0 Å². The first-order chi connectivity index (χ1) is 15.1. The molecule has 6 heteroatoms. The fourth-order valence-electron chi connectivity index (χ4n) is 7.43. The van der Waals surface area contributed by atoms with Gasteiger partial charge in [-0.25, -0.2) is 4.39 Å². The zero-order valence-electron chi connectivity index (χ0n) is 17.9. The van der Waals surface area contributed by atoms with Crippen LogP contribution in [0.15, 0.2) is 28.8 Å². The Labute approximate surface area is 182 Å². The van der Waals surface area contributed by atoms with Crippen LogP contribution in [-0.4, -0.2) is 34.0 Å². The predicted octanol–water partition coefficient (Wildman–Crippen LogP) is 5.19. The van der Waals surface area contributed by atoms with Crippen LogP contribution in [0.25, 0.3) is 11.4 Å². The van der Waals surface area contributed by atoms with Gasteiger partial charge in [-0.1, -0.05) is 5.16 Å². The highest BCUT2D eigenvalue weighted by atomic mass is 19.1. The molecule has 0 spiro atoms. The van der Waals surface area contributed by atoms with E-state index in [1.807, 2.05) is 0 Å².